The average Bonchev–Trinajstić information content (AvgIpc) is 3.09. The van der Waals surface area contributed by atoms with E-state index in [0.717, 1.165) is 58.4 Å². The van der Waals surface area contributed by atoms with Crippen LogP contribution < -0.4 is 15.4 Å². The smallest absolute Gasteiger partial charge is 0.416 e. The zero-order valence-corrected chi connectivity index (χ0v) is 27.5. The fourth-order valence-electron chi connectivity index (χ4n) is 5.84. The molecular formula is C37H35F3N6O3. The average molecular weight is 669 g/mol. The Morgan fingerprint density at radius 2 is 1.65 bits per heavy atom. The molecule has 12 heteroatoms. The Labute approximate surface area is 281 Å². The highest BCUT2D eigenvalue weighted by atomic mass is 19.4. The topological polar surface area (TPSA) is 99.7 Å². The first-order chi connectivity index (χ1) is 23.4. The van der Waals surface area contributed by atoms with Gasteiger partial charge in [-0.05, 0) is 104 Å². The molecule has 2 N–H and O–H groups in total. The Bertz CT molecular complexity index is 2060. The van der Waals surface area contributed by atoms with Gasteiger partial charge in [0.25, 0.3) is 11.8 Å². The predicted molar refractivity (Wildman–Crippen MR) is 184 cm³/mol. The van der Waals surface area contributed by atoms with Crippen LogP contribution in [0.5, 0.6) is 5.75 Å². The second kappa shape index (κ2) is 13.6. The number of carbonyl (C=O) groups excluding carboxylic acids is 2. The minimum atomic E-state index is -4.55. The third-order valence-electron chi connectivity index (χ3n) is 8.62. The number of fused-ring (bicyclic) bond motifs is 1. The van der Waals surface area contributed by atoms with Gasteiger partial charge in [0.15, 0.2) is 0 Å². The van der Waals surface area contributed by atoms with Gasteiger partial charge in [-0.1, -0.05) is 12.1 Å². The number of benzene rings is 4. The zero-order valence-electron chi connectivity index (χ0n) is 27.5. The number of hydrogen-bond acceptors (Lipinski definition) is 7. The van der Waals surface area contributed by atoms with Gasteiger partial charge in [0.05, 0.1) is 23.9 Å². The molecule has 0 spiro atoms. The molecule has 252 valence electrons. The molecule has 49 heavy (non-hydrogen) atoms. The first kappa shape index (κ1) is 33.4. The van der Waals surface area contributed by atoms with Crippen molar-refractivity contribution in [3.8, 4) is 16.9 Å². The van der Waals surface area contributed by atoms with E-state index in [1.54, 1.807) is 43.6 Å². The SMILES string of the molecule is COc1ccc(C(=O)N2CCN(C)CC2)cc1Nc1ncc2cc(-c3cc(NC(=O)c4cccc(C(F)(F)F)c4)ccc3C)cc(C)c2n1. The van der Waals surface area contributed by atoms with E-state index in [2.05, 4.69) is 20.5 Å². The number of amides is 2. The molecular weight excluding hydrogens is 633 g/mol. The number of aryl methyl sites for hydroxylation is 2. The molecule has 0 bridgehead atoms. The molecule has 9 nitrogen and oxygen atoms in total. The summed E-state index contributed by atoms with van der Waals surface area (Å²) >= 11 is 0. The van der Waals surface area contributed by atoms with E-state index in [1.807, 2.05) is 44.0 Å². The van der Waals surface area contributed by atoms with Gasteiger partial charge in [-0.15, -0.1) is 0 Å². The Balaban J connectivity index is 1.24. The van der Waals surface area contributed by atoms with Crippen molar-refractivity contribution in [2.45, 2.75) is 20.0 Å². The van der Waals surface area contributed by atoms with Gasteiger partial charge in [0.2, 0.25) is 5.95 Å². The summed E-state index contributed by atoms with van der Waals surface area (Å²) in [7, 11) is 3.60. The molecule has 0 unspecified atom stereocenters. The molecule has 4 aromatic carbocycles. The maximum absolute atomic E-state index is 13.2. The number of aromatic nitrogens is 2. The number of nitrogens with zero attached hydrogens (tertiary/aromatic N) is 4. The number of ether oxygens (including phenoxy) is 1. The summed E-state index contributed by atoms with van der Waals surface area (Å²) < 4.78 is 45.1. The molecule has 0 atom stereocenters. The van der Waals surface area contributed by atoms with E-state index < -0.39 is 17.6 Å². The summed E-state index contributed by atoms with van der Waals surface area (Å²) in [5.74, 6) is 0.189. The Morgan fingerprint density at radius 1 is 0.878 bits per heavy atom. The fraction of sp³-hybridized carbons (Fsp3) is 0.243. The van der Waals surface area contributed by atoms with Crippen LogP contribution in [0.1, 0.15) is 37.4 Å². The lowest BCUT2D eigenvalue weighted by molar-refractivity contribution is -0.137. The summed E-state index contributed by atoms with van der Waals surface area (Å²) in [5, 5.41) is 6.73. The number of carbonyl (C=O) groups is 2. The maximum Gasteiger partial charge on any atom is 0.416 e. The summed E-state index contributed by atoms with van der Waals surface area (Å²) in [6.45, 7) is 6.85. The normalized spacial score (nSPS) is 13.7. The molecule has 6 rings (SSSR count). The summed E-state index contributed by atoms with van der Waals surface area (Å²) in [5.41, 5.74) is 4.80. The molecule has 1 aliphatic rings. The van der Waals surface area contributed by atoms with Crippen molar-refractivity contribution in [1.29, 1.82) is 0 Å². The van der Waals surface area contributed by atoms with Crippen molar-refractivity contribution in [2.75, 3.05) is 51.0 Å². The third kappa shape index (κ3) is 7.34. The summed E-state index contributed by atoms with van der Waals surface area (Å²) in [4.78, 5) is 39.5. The standard InChI is InChI=1S/C37H35F3N6O3/c1-22-8-10-29(42-34(47)24-6-5-7-28(18-24)37(38,39)40)20-30(22)26-16-23(2)33-27(17-26)21-41-36(44-33)43-31-19-25(9-11-32(31)49-4)35(48)46-14-12-45(3)13-15-46/h5-11,16-21H,12-15H2,1-4H3,(H,42,47)(H,41,43,44). The molecule has 1 fully saturated rings. The number of hydrogen-bond donors (Lipinski definition) is 2. The molecule has 2 heterocycles. The Morgan fingerprint density at radius 3 is 2.39 bits per heavy atom. The highest BCUT2D eigenvalue weighted by Crippen LogP contribution is 2.34. The van der Waals surface area contributed by atoms with Crippen LogP contribution in [-0.2, 0) is 6.18 Å². The fourth-order valence-corrected chi connectivity index (χ4v) is 5.84. The Kier molecular flexibility index (Phi) is 9.24. The number of rotatable bonds is 7. The van der Waals surface area contributed by atoms with Gasteiger partial charge in [-0.3, -0.25) is 9.59 Å². The molecule has 1 aliphatic heterocycles. The number of piperazine rings is 1. The van der Waals surface area contributed by atoms with Gasteiger partial charge in [0, 0.05) is 54.6 Å². The van der Waals surface area contributed by atoms with Crippen LogP contribution in [0, 0.1) is 13.8 Å². The monoisotopic (exact) mass is 668 g/mol. The molecule has 5 aromatic rings. The van der Waals surface area contributed by atoms with E-state index in [4.69, 9.17) is 9.72 Å². The van der Waals surface area contributed by atoms with Crippen LogP contribution in [0.3, 0.4) is 0 Å². The molecule has 2 amide bonds. The minimum absolute atomic E-state index is 0.0452. The van der Waals surface area contributed by atoms with Gasteiger partial charge in [0.1, 0.15) is 5.75 Å². The van der Waals surface area contributed by atoms with Crippen LogP contribution in [0.4, 0.5) is 30.5 Å². The van der Waals surface area contributed by atoms with E-state index in [0.29, 0.717) is 41.7 Å². The van der Waals surface area contributed by atoms with Gasteiger partial charge in [-0.2, -0.15) is 13.2 Å². The largest absolute Gasteiger partial charge is 0.495 e. The second-order valence-corrected chi connectivity index (χ2v) is 12.1. The van der Waals surface area contributed by atoms with Gasteiger partial charge >= 0.3 is 6.18 Å². The lowest BCUT2D eigenvalue weighted by Gasteiger charge is -2.32. The third-order valence-corrected chi connectivity index (χ3v) is 8.62. The van der Waals surface area contributed by atoms with Crippen molar-refractivity contribution in [2.24, 2.45) is 0 Å². The summed E-state index contributed by atoms with van der Waals surface area (Å²) in [6, 6.07) is 18.9. The van der Waals surface area contributed by atoms with E-state index in [-0.39, 0.29) is 11.5 Å². The van der Waals surface area contributed by atoms with E-state index in [1.165, 1.54) is 12.1 Å². The number of methoxy groups -OCH3 is 1. The van der Waals surface area contributed by atoms with Gasteiger partial charge < -0.3 is 25.2 Å². The number of alkyl halides is 3. The lowest BCUT2D eigenvalue weighted by atomic mass is 9.96. The van der Waals surface area contributed by atoms with Crippen LogP contribution in [0.15, 0.2) is 79.0 Å². The number of anilines is 3. The van der Waals surface area contributed by atoms with E-state index in [9.17, 15) is 22.8 Å². The first-order valence-electron chi connectivity index (χ1n) is 15.7. The van der Waals surface area contributed by atoms with Crippen LogP contribution in [0.2, 0.25) is 0 Å². The number of nitrogens with one attached hydrogen (secondary N) is 2. The number of likely N-dealkylation sites (N-methyl/N-ethyl adjacent to an activating group) is 1. The van der Waals surface area contributed by atoms with Gasteiger partial charge in [-0.25, -0.2) is 9.97 Å². The molecule has 1 aromatic heterocycles. The van der Waals surface area contributed by atoms with Crippen molar-refractivity contribution >= 4 is 40.0 Å². The second-order valence-electron chi connectivity index (χ2n) is 12.1. The predicted octanol–water partition coefficient (Wildman–Crippen LogP) is 7.32. The minimum Gasteiger partial charge on any atom is -0.495 e. The molecule has 1 saturated heterocycles. The van der Waals surface area contributed by atoms with Crippen LogP contribution in [0.25, 0.3) is 22.0 Å². The molecule has 0 saturated carbocycles. The van der Waals surface area contributed by atoms with Crippen LogP contribution in [-0.4, -0.2) is 71.9 Å². The highest BCUT2D eigenvalue weighted by molar-refractivity contribution is 6.05. The molecule has 0 aliphatic carbocycles. The van der Waals surface area contributed by atoms with E-state index >= 15 is 0 Å². The highest BCUT2D eigenvalue weighted by Gasteiger charge is 2.31. The van der Waals surface area contributed by atoms with Crippen molar-refractivity contribution < 1.29 is 27.5 Å². The summed E-state index contributed by atoms with van der Waals surface area (Å²) in [6.07, 6.45) is -2.84. The lowest BCUT2D eigenvalue weighted by Crippen LogP contribution is -2.47. The van der Waals surface area contributed by atoms with Crippen LogP contribution >= 0.6 is 0 Å². The quantitative estimate of drug-likeness (QED) is 0.188. The van der Waals surface area contributed by atoms with Crippen molar-refractivity contribution in [1.82, 2.24) is 19.8 Å². The maximum atomic E-state index is 13.2. The zero-order chi connectivity index (χ0) is 34.9. The van der Waals surface area contributed by atoms with Crippen molar-refractivity contribution in [3.05, 3.63) is 107 Å². The van der Waals surface area contributed by atoms with Crippen molar-refractivity contribution in [3.63, 3.8) is 0 Å². The number of halogens is 3. The molecule has 0 radical (unpaired) electrons. The first-order valence-corrected chi connectivity index (χ1v) is 15.7. The Hall–Kier alpha value is -5.49.